The molecule has 12 heteroatoms. The molecule has 2 aliphatic heterocycles. The topological polar surface area (TPSA) is 181 Å². The summed E-state index contributed by atoms with van der Waals surface area (Å²) < 4.78 is 0. The molecule has 2 aliphatic rings. The SMILES string of the molecule is Cc1c(C(=O)O)sc2c1N=C(N1CCC[C@@H](N)C1)N(Cc1ccccc1C#N)C2=C=O.O=C(O)CO. The lowest BCUT2D eigenvalue weighted by atomic mass is 10.1. The molecule has 0 aliphatic carbocycles. The third kappa shape index (κ3) is 5.62. The number of aliphatic hydroxyl groups is 1. The van der Waals surface area contributed by atoms with Gasteiger partial charge in [0, 0.05) is 24.7 Å². The van der Waals surface area contributed by atoms with Crippen molar-refractivity contribution >= 4 is 46.6 Å². The van der Waals surface area contributed by atoms with Gasteiger partial charge in [-0.1, -0.05) is 18.2 Å². The van der Waals surface area contributed by atoms with Gasteiger partial charge in [-0.05, 0) is 31.4 Å². The van der Waals surface area contributed by atoms with Gasteiger partial charge in [0.2, 0.25) is 5.96 Å². The molecule has 4 rings (SSSR count). The fourth-order valence-electron chi connectivity index (χ4n) is 4.01. The number of aliphatic hydroxyl groups excluding tert-OH is 1. The number of carboxylic acid groups (broad SMARTS) is 2. The smallest absolute Gasteiger partial charge is 0.346 e. The molecule has 1 saturated heterocycles. The van der Waals surface area contributed by atoms with Crippen LogP contribution in [0.15, 0.2) is 29.3 Å². The van der Waals surface area contributed by atoms with Crippen molar-refractivity contribution in [3.8, 4) is 6.07 Å². The molecule has 1 atom stereocenters. The number of carboxylic acids is 2. The predicted molar refractivity (Wildman–Crippen MR) is 132 cm³/mol. The van der Waals surface area contributed by atoms with Gasteiger partial charge in [0.05, 0.1) is 28.7 Å². The van der Waals surface area contributed by atoms with Crippen LogP contribution in [-0.4, -0.2) is 74.7 Å². The molecule has 0 radical (unpaired) electrons. The number of thiophene rings is 1. The molecule has 3 heterocycles. The quantitative estimate of drug-likeness (QED) is 0.442. The van der Waals surface area contributed by atoms with E-state index in [4.69, 9.17) is 25.7 Å². The largest absolute Gasteiger partial charge is 0.480 e. The summed E-state index contributed by atoms with van der Waals surface area (Å²) in [5, 5.41) is 34.1. The van der Waals surface area contributed by atoms with E-state index in [-0.39, 0.29) is 23.2 Å². The first-order chi connectivity index (χ1) is 17.2. The number of aliphatic imine (C=N–C) groups is 1. The van der Waals surface area contributed by atoms with Crippen LogP contribution in [0.2, 0.25) is 0 Å². The average Bonchev–Trinajstić information content (AvgIpc) is 3.20. The number of nitrogens with two attached hydrogens (primary N) is 1. The number of likely N-dealkylation sites (tertiary alicyclic amines) is 1. The Balaban J connectivity index is 0.000000658. The minimum atomic E-state index is -1.19. The van der Waals surface area contributed by atoms with Gasteiger partial charge >= 0.3 is 11.9 Å². The summed E-state index contributed by atoms with van der Waals surface area (Å²) in [5.41, 5.74) is 8.67. The van der Waals surface area contributed by atoms with Crippen LogP contribution in [0.5, 0.6) is 0 Å². The van der Waals surface area contributed by atoms with E-state index in [1.165, 1.54) is 0 Å². The molecule has 36 heavy (non-hydrogen) atoms. The number of nitriles is 1. The highest BCUT2D eigenvalue weighted by Crippen LogP contribution is 2.44. The number of nitrogens with zero attached hydrogens (tertiary/aromatic N) is 4. The minimum Gasteiger partial charge on any atom is -0.480 e. The maximum absolute atomic E-state index is 12.2. The zero-order valence-electron chi connectivity index (χ0n) is 19.5. The van der Waals surface area contributed by atoms with Crippen LogP contribution in [0.25, 0.3) is 5.70 Å². The first-order valence-corrected chi connectivity index (χ1v) is 11.8. The van der Waals surface area contributed by atoms with Crippen molar-refractivity contribution in [3.63, 3.8) is 0 Å². The number of aromatic carboxylic acids is 1. The van der Waals surface area contributed by atoms with Crippen molar-refractivity contribution < 1.29 is 29.7 Å². The van der Waals surface area contributed by atoms with Gasteiger partial charge in [-0.25, -0.2) is 19.4 Å². The molecule has 11 nitrogen and oxygen atoms in total. The summed E-state index contributed by atoms with van der Waals surface area (Å²) in [4.78, 5) is 42.2. The fourth-order valence-corrected chi connectivity index (χ4v) is 5.09. The average molecular weight is 512 g/mol. The molecule has 0 spiro atoms. The number of fused-ring (bicyclic) bond motifs is 1. The predicted octanol–water partition coefficient (Wildman–Crippen LogP) is 1.79. The number of hydrogen-bond acceptors (Lipinski definition) is 10. The number of piperidine rings is 1. The highest BCUT2D eigenvalue weighted by molar-refractivity contribution is 7.16. The third-order valence-electron chi connectivity index (χ3n) is 5.69. The molecular formula is C24H25N5O6S. The number of carbonyl (C=O) groups is 2. The van der Waals surface area contributed by atoms with Gasteiger partial charge in [-0.3, -0.25) is 4.90 Å². The van der Waals surface area contributed by atoms with Gasteiger partial charge < -0.3 is 26.0 Å². The lowest BCUT2D eigenvalue weighted by molar-refractivity contribution is -0.140. The van der Waals surface area contributed by atoms with Crippen LogP contribution >= 0.6 is 11.3 Å². The molecule has 2 aromatic rings. The van der Waals surface area contributed by atoms with Crippen LogP contribution in [0.3, 0.4) is 0 Å². The second kappa shape index (κ2) is 11.6. The molecule has 0 bridgehead atoms. The van der Waals surface area contributed by atoms with Crippen LogP contribution in [0.1, 0.15) is 44.1 Å². The highest BCUT2D eigenvalue weighted by Gasteiger charge is 2.35. The number of carbonyl (C=O) groups excluding carboxylic acids is 1. The van der Waals surface area contributed by atoms with Crippen LogP contribution in [0.4, 0.5) is 5.69 Å². The van der Waals surface area contributed by atoms with E-state index >= 15 is 0 Å². The first-order valence-electron chi connectivity index (χ1n) is 11.0. The first kappa shape index (κ1) is 26.6. The molecule has 0 saturated carbocycles. The number of aliphatic carboxylic acids is 1. The normalized spacial score (nSPS) is 16.7. The molecule has 5 N–H and O–H groups in total. The summed E-state index contributed by atoms with van der Waals surface area (Å²) in [5.74, 6) is 0.305. The van der Waals surface area contributed by atoms with Crippen molar-refractivity contribution in [2.45, 2.75) is 32.4 Å². The highest BCUT2D eigenvalue weighted by atomic mass is 32.1. The van der Waals surface area contributed by atoms with Crippen LogP contribution in [-0.2, 0) is 16.1 Å². The Bertz CT molecular complexity index is 1290. The monoisotopic (exact) mass is 511 g/mol. The summed E-state index contributed by atoms with van der Waals surface area (Å²) in [6.45, 7) is 2.45. The molecule has 0 unspecified atom stereocenters. The second-order valence-electron chi connectivity index (χ2n) is 8.16. The van der Waals surface area contributed by atoms with Gasteiger partial charge in [-0.2, -0.15) is 5.26 Å². The second-order valence-corrected chi connectivity index (χ2v) is 9.18. The van der Waals surface area contributed by atoms with Crippen molar-refractivity contribution in [3.05, 3.63) is 50.7 Å². The summed E-state index contributed by atoms with van der Waals surface area (Å²) in [7, 11) is 0. The van der Waals surface area contributed by atoms with Crippen molar-refractivity contribution in [2.24, 2.45) is 10.7 Å². The zero-order chi connectivity index (χ0) is 26.4. The van der Waals surface area contributed by atoms with E-state index < -0.39 is 18.5 Å². The summed E-state index contributed by atoms with van der Waals surface area (Å²) in [6, 6.07) is 9.34. The van der Waals surface area contributed by atoms with E-state index in [2.05, 4.69) is 6.07 Å². The van der Waals surface area contributed by atoms with Gasteiger partial charge in [0.15, 0.2) is 5.94 Å². The standard InChI is InChI=1S/C22H21N5O3S.C2H4O3/c1-13-18-20(31-19(13)21(29)30)17(12-28)27(10-15-6-3-2-5-14(15)9-23)22(25-18)26-8-4-7-16(24)11-26;3-1-2(4)5/h2-3,5-6,16H,4,7-8,10-11,24H2,1H3,(H,29,30);3H,1H2,(H,4,5)/t16-;/m1./s1. The number of guanidine groups is 1. The number of rotatable bonds is 4. The van der Waals surface area contributed by atoms with Crippen LogP contribution in [0, 0.1) is 18.3 Å². The van der Waals surface area contributed by atoms with Crippen molar-refractivity contribution in [1.82, 2.24) is 9.80 Å². The molecule has 1 fully saturated rings. The zero-order valence-corrected chi connectivity index (χ0v) is 20.3. The maximum atomic E-state index is 12.2. The number of benzene rings is 1. The molecule has 1 aromatic heterocycles. The van der Waals surface area contributed by atoms with E-state index in [0.717, 1.165) is 36.3 Å². The lowest BCUT2D eigenvalue weighted by Gasteiger charge is -2.40. The van der Waals surface area contributed by atoms with E-state index in [1.54, 1.807) is 24.0 Å². The van der Waals surface area contributed by atoms with Gasteiger partial charge in [-0.15, -0.1) is 11.3 Å². The van der Waals surface area contributed by atoms with E-state index in [0.29, 0.717) is 34.2 Å². The Morgan fingerprint density at radius 3 is 2.58 bits per heavy atom. The Labute approximate surface area is 211 Å². The van der Waals surface area contributed by atoms with Gasteiger partial charge in [0.25, 0.3) is 0 Å². The Morgan fingerprint density at radius 2 is 2.00 bits per heavy atom. The van der Waals surface area contributed by atoms with E-state index in [9.17, 15) is 20.0 Å². The minimum absolute atomic E-state index is 0.0205. The Hall–Kier alpha value is -4.01. The van der Waals surface area contributed by atoms with Crippen molar-refractivity contribution in [2.75, 3.05) is 19.7 Å². The van der Waals surface area contributed by atoms with Crippen LogP contribution < -0.4 is 5.73 Å². The fraction of sp³-hybridized carbons (Fsp3) is 0.333. The van der Waals surface area contributed by atoms with E-state index in [1.807, 2.05) is 23.0 Å². The summed E-state index contributed by atoms with van der Waals surface area (Å²) in [6.07, 6.45) is 1.79. The Morgan fingerprint density at radius 1 is 1.31 bits per heavy atom. The third-order valence-corrected chi connectivity index (χ3v) is 6.96. The molecule has 188 valence electrons. The number of hydrogen-bond donors (Lipinski definition) is 4. The molecule has 1 aromatic carbocycles. The Kier molecular flexibility index (Phi) is 8.58. The van der Waals surface area contributed by atoms with Gasteiger partial charge in [0.1, 0.15) is 17.2 Å². The maximum Gasteiger partial charge on any atom is 0.346 e. The lowest BCUT2D eigenvalue weighted by Crippen LogP contribution is -2.51. The summed E-state index contributed by atoms with van der Waals surface area (Å²) >= 11 is 1.02. The molecular weight excluding hydrogens is 486 g/mol. The van der Waals surface area contributed by atoms with Crippen molar-refractivity contribution in [1.29, 1.82) is 5.26 Å². The molecule has 0 amide bonds.